The molecule has 0 radical (unpaired) electrons. The molecule has 2 bridgehead atoms. The van der Waals surface area contributed by atoms with Crippen LogP contribution in [0.5, 0.6) is 5.75 Å². The summed E-state index contributed by atoms with van der Waals surface area (Å²) in [6.07, 6.45) is 10.5. The summed E-state index contributed by atoms with van der Waals surface area (Å²) in [6, 6.07) is 8.68. The summed E-state index contributed by atoms with van der Waals surface area (Å²) in [6.45, 7) is 8.70. The third-order valence-electron chi connectivity index (χ3n) is 7.96. The van der Waals surface area contributed by atoms with Crippen LogP contribution in [-0.4, -0.2) is 71.9 Å². The van der Waals surface area contributed by atoms with Crippen molar-refractivity contribution in [3.05, 3.63) is 42.0 Å². The van der Waals surface area contributed by atoms with E-state index in [1.807, 2.05) is 35.8 Å². The first-order chi connectivity index (χ1) is 16.6. The summed E-state index contributed by atoms with van der Waals surface area (Å²) in [5.41, 5.74) is 1.15. The maximum atomic E-state index is 13.5. The van der Waals surface area contributed by atoms with Crippen molar-refractivity contribution in [2.75, 3.05) is 39.3 Å². The van der Waals surface area contributed by atoms with Crippen LogP contribution >= 0.6 is 0 Å². The maximum absolute atomic E-state index is 13.5. The summed E-state index contributed by atoms with van der Waals surface area (Å²) in [5, 5.41) is 0. The minimum Gasteiger partial charge on any atom is -0.489 e. The number of carbonyl (C=O) groups excluding carboxylic acids is 2. The lowest BCUT2D eigenvalue weighted by molar-refractivity contribution is -0.136. The normalized spacial score (nSPS) is 25.5. The number of para-hydroxylation sites is 1. The number of nitrogens with zero attached hydrogens (tertiary/aromatic N) is 3. The Hall–Kier alpha value is -2.34. The second-order valence-corrected chi connectivity index (χ2v) is 10.0. The quantitative estimate of drug-likeness (QED) is 0.612. The van der Waals surface area contributed by atoms with E-state index in [1.165, 1.54) is 12.8 Å². The monoisotopic (exact) mass is 467 g/mol. The minimum atomic E-state index is 0.178. The van der Waals surface area contributed by atoms with Gasteiger partial charge in [-0.2, -0.15) is 0 Å². The van der Waals surface area contributed by atoms with E-state index in [0.717, 1.165) is 56.8 Å². The van der Waals surface area contributed by atoms with Gasteiger partial charge in [0.15, 0.2) is 0 Å². The molecule has 1 saturated heterocycles. The third-order valence-corrected chi connectivity index (χ3v) is 7.96. The molecule has 3 aliphatic rings. The molecule has 34 heavy (non-hydrogen) atoms. The van der Waals surface area contributed by atoms with E-state index in [1.54, 1.807) is 0 Å². The molecule has 2 aliphatic heterocycles. The number of piperidine rings is 1. The Balaban J connectivity index is 1.55. The van der Waals surface area contributed by atoms with Gasteiger partial charge in [0.1, 0.15) is 12.4 Å². The van der Waals surface area contributed by atoms with Crippen LogP contribution in [-0.2, 0) is 16.1 Å². The Morgan fingerprint density at radius 1 is 1.09 bits per heavy atom. The fraction of sp³-hybridized carbons (Fsp3) is 0.643. The van der Waals surface area contributed by atoms with Crippen molar-refractivity contribution in [3.8, 4) is 5.75 Å². The summed E-state index contributed by atoms with van der Waals surface area (Å²) in [4.78, 5) is 32.7. The largest absolute Gasteiger partial charge is 0.489 e. The van der Waals surface area contributed by atoms with Crippen LogP contribution in [0.1, 0.15) is 57.9 Å². The third kappa shape index (κ3) is 6.01. The lowest BCUT2D eigenvalue weighted by Gasteiger charge is -2.39. The van der Waals surface area contributed by atoms with Gasteiger partial charge < -0.3 is 14.5 Å². The van der Waals surface area contributed by atoms with Crippen LogP contribution in [0.15, 0.2) is 36.4 Å². The number of hydrogen-bond donors (Lipinski definition) is 0. The van der Waals surface area contributed by atoms with E-state index in [4.69, 9.17) is 4.74 Å². The Morgan fingerprint density at radius 3 is 2.62 bits per heavy atom. The highest BCUT2D eigenvalue weighted by Gasteiger charge is 2.34. The predicted octanol–water partition coefficient (Wildman–Crippen LogP) is 4.10. The topological polar surface area (TPSA) is 53.1 Å². The molecule has 4 rings (SSSR count). The minimum absolute atomic E-state index is 0.178. The van der Waals surface area contributed by atoms with Crippen LogP contribution in [0.2, 0.25) is 0 Å². The molecule has 2 fully saturated rings. The smallest absolute Gasteiger partial charge is 0.236 e. The van der Waals surface area contributed by atoms with E-state index in [2.05, 4.69) is 29.2 Å². The van der Waals surface area contributed by atoms with Crippen LogP contribution in [0.4, 0.5) is 0 Å². The number of carbonyl (C=O) groups is 2. The zero-order valence-corrected chi connectivity index (χ0v) is 21.0. The number of amides is 2. The highest BCUT2D eigenvalue weighted by Crippen LogP contribution is 2.31. The first-order valence-corrected chi connectivity index (χ1v) is 13.3. The first kappa shape index (κ1) is 24.8. The number of hydrogen-bond acceptors (Lipinski definition) is 4. The standard InChI is InChI=1S/C28H41N3O3/c1-3-29(4-2)27(32)18-22-15-16-30-19-23(22)11-9-17-34-26-14-8-5-10-24(26)20-31(21-28(30)33)25-12-6-7-13-25/h5,8-11,14,22-23,25H,3-4,6-7,12-13,15-21H2,1-2H3/b11-9-/t22-,23-/m0/s1. The maximum Gasteiger partial charge on any atom is 0.236 e. The average molecular weight is 468 g/mol. The molecule has 2 heterocycles. The molecule has 186 valence electrons. The second-order valence-electron chi connectivity index (χ2n) is 10.0. The lowest BCUT2D eigenvalue weighted by atomic mass is 9.82. The van der Waals surface area contributed by atoms with Crippen LogP contribution < -0.4 is 4.74 Å². The van der Waals surface area contributed by atoms with Gasteiger partial charge in [-0.1, -0.05) is 43.2 Å². The fourth-order valence-corrected chi connectivity index (χ4v) is 5.88. The van der Waals surface area contributed by atoms with Crippen LogP contribution in [0.25, 0.3) is 0 Å². The van der Waals surface area contributed by atoms with Crippen LogP contribution in [0.3, 0.4) is 0 Å². The van der Waals surface area contributed by atoms with Gasteiger partial charge in [-0.05, 0) is 51.0 Å². The molecular weight excluding hydrogens is 426 g/mol. The van der Waals surface area contributed by atoms with Crippen molar-refractivity contribution in [3.63, 3.8) is 0 Å². The molecule has 0 spiro atoms. The summed E-state index contributed by atoms with van der Waals surface area (Å²) >= 11 is 0. The van der Waals surface area contributed by atoms with Crippen molar-refractivity contribution >= 4 is 11.8 Å². The van der Waals surface area contributed by atoms with Crippen molar-refractivity contribution in [2.45, 2.75) is 65.0 Å². The van der Waals surface area contributed by atoms with Crippen molar-refractivity contribution in [1.29, 1.82) is 0 Å². The van der Waals surface area contributed by atoms with E-state index in [9.17, 15) is 9.59 Å². The lowest BCUT2D eigenvalue weighted by Crippen LogP contribution is -2.49. The molecule has 1 aromatic carbocycles. The van der Waals surface area contributed by atoms with Gasteiger partial charge in [0.05, 0.1) is 6.54 Å². The molecule has 1 aliphatic carbocycles. The highest BCUT2D eigenvalue weighted by molar-refractivity contribution is 5.79. The van der Waals surface area contributed by atoms with Gasteiger partial charge >= 0.3 is 0 Å². The number of ether oxygens (including phenoxy) is 1. The van der Waals surface area contributed by atoms with Gasteiger partial charge in [0.25, 0.3) is 0 Å². The molecule has 2 atom stereocenters. The molecule has 0 N–H and O–H groups in total. The fourth-order valence-electron chi connectivity index (χ4n) is 5.88. The molecule has 1 aromatic rings. The number of rotatable bonds is 5. The summed E-state index contributed by atoms with van der Waals surface area (Å²) in [7, 11) is 0. The SMILES string of the molecule is CCN(CC)C(=O)C[C@@H]1CCN2C[C@@H]1/C=C\COc1ccccc1CN(C1CCCC1)CC2=O. The molecule has 6 heteroatoms. The summed E-state index contributed by atoms with van der Waals surface area (Å²) in [5.74, 6) is 1.78. The first-order valence-electron chi connectivity index (χ1n) is 13.3. The number of benzene rings is 1. The van der Waals surface area contributed by atoms with Gasteiger partial charge in [-0.25, -0.2) is 0 Å². The van der Waals surface area contributed by atoms with Gasteiger partial charge in [-0.15, -0.1) is 0 Å². The molecule has 0 aromatic heterocycles. The molecular formula is C28H41N3O3. The van der Waals surface area contributed by atoms with Crippen LogP contribution in [0, 0.1) is 11.8 Å². The Kier molecular flexibility index (Phi) is 8.65. The van der Waals surface area contributed by atoms with E-state index >= 15 is 0 Å². The van der Waals surface area contributed by atoms with Gasteiger partial charge in [0.2, 0.25) is 11.8 Å². The molecule has 1 saturated carbocycles. The van der Waals surface area contributed by atoms with Crippen molar-refractivity contribution in [2.24, 2.45) is 11.8 Å². The molecule has 0 unspecified atom stereocenters. The average Bonchev–Trinajstić information content (AvgIpc) is 3.38. The second kappa shape index (κ2) is 11.9. The number of fused-ring (bicyclic) bond motifs is 3. The van der Waals surface area contributed by atoms with E-state index < -0.39 is 0 Å². The van der Waals surface area contributed by atoms with Crippen molar-refractivity contribution in [1.82, 2.24) is 14.7 Å². The van der Waals surface area contributed by atoms with Crippen molar-refractivity contribution < 1.29 is 14.3 Å². The zero-order valence-electron chi connectivity index (χ0n) is 21.0. The predicted molar refractivity (Wildman–Crippen MR) is 134 cm³/mol. The Morgan fingerprint density at radius 2 is 1.85 bits per heavy atom. The van der Waals surface area contributed by atoms with E-state index in [-0.39, 0.29) is 23.7 Å². The molecule has 6 nitrogen and oxygen atoms in total. The molecule has 2 amide bonds. The van der Waals surface area contributed by atoms with E-state index in [0.29, 0.717) is 32.2 Å². The zero-order chi connectivity index (χ0) is 23.9. The Labute approximate surface area is 204 Å². The van der Waals surface area contributed by atoms with Gasteiger partial charge in [-0.3, -0.25) is 14.5 Å². The summed E-state index contributed by atoms with van der Waals surface area (Å²) < 4.78 is 6.18. The highest BCUT2D eigenvalue weighted by atomic mass is 16.5. The van der Waals surface area contributed by atoms with Gasteiger partial charge in [0, 0.05) is 50.7 Å². The Bertz CT molecular complexity index is 860.